The minimum absolute atomic E-state index is 0.00827. The van der Waals surface area contributed by atoms with Gasteiger partial charge in [-0.25, -0.2) is 0 Å². The molecule has 5 atom stereocenters. The highest BCUT2D eigenvalue weighted by Gasteiger charge is 2.43. The minimum atomic E-state index is -1.76. The molecule has 0 saturated carbocycles. The molecule has 0 aromatic carbocycles. The van der Waals surface area contributed by atoms with E-state index in [-0.39, 0.29) is 5.25 Å². The predicted molar refractivity (Wildman–Crippen MR) is 56.5 cm³/mol. The van der Waals surface area contributed by atoms with Gasteiger partial charge in [0.2, 0.25) is 0 Å². The van der Waals surface area contributed by atoms with Gasteiger partial charge in [0.15, 0.2) is 0 Å². The molecule has 0 spiro atoms. The highest BCUT2D eigenvalue weighted by molar-refractivity contribution is 8.00. The molecule has 15 heavy (non-hydrogen) atoms. The van der Waals surface area contributed by atoms with E-state index in [0.717, 1.165) is 11.8 Å². The van der Waals surface area contributed by atoms with Crippen molar-refractivity contribution in [1.82, 2.24) is 0 Å². The molecule has 90 valence electrons. The molecule has 0 aliphatic carbocycles. The van der Waals surface area contributed by atoms with E-state index in [1.54, 1.807) is 0 Å². The van der Waals surface area contributed by atoms with Crippen molar-refractivity contribution in [2.75, 3.05) is 6.61 Å². The van der Waals surface area contributed by atoms with E-state index in [1.165, 1.54) is 0 Å². The summed E-state index contributed by atoms with van der Waals surface area (Å²) in [5.74, 6) is 0. The Morgan fingerprint density at radius 1 is 1.27 bits per heavy atom. The predicted octanol–water partition coefficient (Wildman–Crippen LogP) is -1.07. The molecular weight excluding hydrogens is 220 g/mol. The van der Waals surface area contributed by atoms with E-state index >= 15 is 0 Å². The van der Waals surface area contributed by atoms with Gasteiger partial charge in [-0.3, -0.25) is 0 Å². The minimum Gasteiger partial charge on any atom is -0.394 e. The van der Waals surface area contributed by atoms with Crippen LogP contribution >= 0.6 is 11.8 Å². The summed E-state index contributed by atoms with van der Waals surface area (Å²) in [4.78, 5) is 0. The molecule has 1 aliphatic heterocycles. The fourth-order valence-electron chi connectivity index (χ4n) is 1.31. The maximum absolute atomic E-state index is 9.70. The van der Waals surface area contributed by atoms with E-state index in [2.05, 4.69) is 0 Å². The van der Waals surface area contributed by atoms with Crippen molar-refractivity contribution in [3.05, 3.63) is 0 Å². The summed E-state index contributed by atoms with van der Waals surface area (Å²) in [7, 11) is 0. The second-order valence-corrected chi connectivity index (χ2v) is 5.33. The van der Waals surface area contributed by atoms with Gasteiger partial charge >= 0.3 is 0 Å². The van der Waals surface area contributed by atoms with Crippen LogP contribution in [0.4, 0.5) is 0 Å². The summed E-state index contributed by atoms with van der Waals surface area (Å²) < 4.78 is 13.1. The van der Waals surface area contributed by atoms with E-state index in [9.17, 15) is 15.3 Å². The van der Waals surface area contributed by atoms with E-state index in [0.29, 0.717) is 0 Å². The first-order chi connectivity index (χ1) is 7.31. The summed E-state index contributed by atoms with van der Waals surface area (Å²) in [5, 5.41) is 37.7. The molecule has 1 aliphatic rings. The second-order valence-electron chi connectivity index (χ2n) is 3.75. The summed E-state index contributed by atoms with van der Waals surface area (Å²) >= 11 is 1.02. The van der Waals surface area contributed by atoms with Gasteiger partial charge < -0.3 is 25.2 Å². The monoisotopic (exact) mass is 239 g/mol. The zero-order valence-electron chi connectivity index (χ0n) is 9.70. The number of aliphatic hydroxyl groups excluding tert-OH is 4. The van der Waals surface area contributed by atoms with Crippen molar-refractivity contribution in [2.24, 2.45) is 0 Å². The molecule has 6 heteroatoms. The average molecular weight is 239 g/mol. The van der Waals surface area contributed by atoms with Crippen LogP contribution < -0.4 is 0 Å². The summed E-state index contributed by atoms with van der Waals surface area (Å²) in [6.07, 6.45) is -5.44. The highest BCUT2D eigenvalue weighted by atomic mass is 32.2. The van der Waals surface area contributed by atoms with Crippen LogP contribution in [0.15, 0.2) is 0 Å². The van der Waals surface area contributed by atoms with Crippen LogP contribution in [0.5, 0.6) is 0 Å². The van der Waals surface area contributed by atoms with Crippen LogP contribution in [0, 0.1) is 0 Å². The first kappa shape index (κ1) is 11.6. The third-order valence-electron chi connectivity index (χ3n) is 2.10. The molecule has 5 nitrogen and oxygen atoms in total. The van der Waals surface area contributed by atoms with E-state index in [4.69, 9.17) is 11.2 Å². The molecule has 0 radical (unpaired) electrons. The second kappa shape index (κ2) is 5.47. The highest BCUT2D eigenvalue weighted by Crippen LogP contribution is 2.30. The largest absolute Gasteiger partial charge is 0.394 e. The van der Waals surface area contributed by atoms with Crippen molar-refractivity contribution in [2.45, 2.75) is 48.9 Å². The fraction of sp³-hybridized carbons (Fsp3) is 1.00. The van der Waals surface area contributed by atoms with E-state index < -0.39 is 36.4 Å². The standard InChI is InChI=1S/C9H18O5S/c1-4(2)15-9-8(13)7(12)6(11)5(3-10)14-9/h4-13H,3H2,1-2H3/t5-,6+,7+,8-,9+/m1/s1/i9D. The van der Waals surface area contributed by atoms with Crippen molar-refractivity contribution >= 4 is 11.8 Å². The lowest BCUT2D eigenvalue weighted by Crippen LogP contribution is -2.57. The Morgan fingerprint density at radius 2 is 1.87 bits per heavy atom. The number of hydrogen-bond acceptors (Lipinski definition) is 6. The summed E-state index contributed by atoms with van der Waals surface area (Å²) in [5.41, 5.74) is -1.76. The molecule has 4 N–H and O–H groups in total. The number of rotatable bonds is 3. The van der Waals surface area contributed by atoms with Gasteiger partial charge in [-0.2, -0.15) is 0 Å². The maximum atomic E-state index is 9.70. The normalized spacial score (nSPS) is 48.1. The van der Waals surface area contributed by atoms with Crippen LogP contribution in [-0.4, -0.2) is 62.1 Å². The Morgan fingerprint density at radius 3 is 2.33 bits per heavy atom. The summed E-state index contributed by atoms with van der Waals surface area (Å²) in [6, 6.07) is 0. The lowest BCUT2D eigenvalue weighted by Gasteiger charge is -2.40. The Labute approximate surface area is 94.5 Å². The lowest BCUT2D eigenvalue weighted by atomic mass is 10.0. The van der Waals surface area contributed by atoms with Crippen molar-refractivity contribution in [1.29, 1.82) is 0 Å². The van der Waals surface area contributed by atoms with Crippen LogP contribution in [0.25, 0.3) is 0 Å². The van der Waals surface area contributed by atoms with Gasteiger partial charge in [0.25, 0.3) is 0 Å². The number of thioether (sulfide) groups is 1. The van der Waals surface area contributed by atoms with Gasteiger partial charge in [0.05, 0.1) is 7.98 Å². The van der Waals surface area contributed by atoms with Crippen LogP contribution in [0.3, 0.4) is 0 Å². The molecule has 0 aromatic heterocycles. The van der Waals surface area contributed by atoms with Crippen LogP contribution in [0.2, 0.25) is 0 Å². The van der Waals surface area contributed by atoms with Crippen LogP contribution in [-0.2, 0) is 4.74 Å². The van der Waals surface area contributed by atoms with Crippen molar-refractivity contribution in [3.63, 3.8) is 0 Å². The zero-order chi connectivity index (χ0) is 12.5. The van der Waals surface area contributed by atoms with Gasteiger partial charge in [0.1, 0.15) is 29.8 Å². The third kappa shape index (κ3) is 3.05. The number of aliphatic hydroxyl groups is 4. The molecular formula is C9H18O5S. The maximum Gasteiger partial charge on any atom is 0.132 e. The Balaban J connectivity index is 2.85. The molecule has 1 fully saturated rings. The molecule has 0 amide bonds. The molecule has 1 saturated heterocycles. The quantitative estimate of drug-likeness (QED) is 0.501. The average Bonchev–Trinajstić information content (AvgIpc) is 2.20. The van der Waals surface area contributed by atoms with Gasteiger partial charge in [-0.15, -0.1) is 11.8 Å². The third-order valence-corrected chi connectivity index (χ3v) is 3.14. The van der Waals surface area contributed by atoms with E-state index in [1.807, 2.05) is 13.8 Å². The van der Waals surface area contributed by atoms with Gasteiger partial charge in [-0.1, -0.05) is 13.8 Å². The molecule has 1 rings (SSSR count). The molecule has 0 bridgehead atoms. The van der Waals surface area contributed by atoms with Gasteiger partial charge in [0, 0.05) is 5.25 Å². The molecule has 0 aromatic rings. The van der Waals surface area contributed by atoms with Crippen molar-refractivity contribution < 1.29 is 26.5 Å². The SMILES string of the molecule is [2H][C@@]1(SC(C)C)O[C@H](CO)[C@H](O)[C@H](O)[C@H]1O. The van der Waals surface area contributed by atoms with Crippen LogP contribution in [0.1, 0.15) is 15.2 Å². The summed E-state index contributed by atoms with van der Waals surface area (Å²) in [6.45, 7) is 3.13. The smallest absolute Gasteiger partial charge is 0.132 e. The molecule has 0 unspecified atom stereocenters. The first-order valence-electron chi connectivity index (χ1n) is 5.32. The topological polar surface area (TPSA) is 90.2 Å². The first-order valence-corrected chi connectivity index (χ1v) is 5.70. The zero-order valence-corrected chi connectivity index (χ0v) is 9.52. The van der Waals surface area contributed by atoms with Crippen molar-refractivity contribution in [3.8, 4) is 0 Å². The lowest BCUT2D eigenvalue weighted by molar-refractivity contribution is -0.205. The molecule has 1 heterocycles. The fourth-order valence-corrected chi connectivity index (χ4v) is 2.23. The Bertz CT molecular complexity index is 240. The Hall–Kier alpha value is 0.150. The Kier molecular flexibility index (Phi) is 4.24. The number of hydrogen-bond donors (Lipinski definition) is 4. The number of ether oxygens (including phenoxy) is 1. The van der Waals surface area contributed by atoms with Gasteiger partial charge in [-0.05, 0) is 0 Å².